The number of nitrogen functional groups attached to an aromatic ring is 1. The molecule has 0 heterocycles. The summed E-state index contributed by atoms with van der Waals surface area (Å²) in [5.74, 6) is -2.52. The lowest BCUT2D eigenvalue weighted by Crippen LogP contribution is -2.18. The highest BCUT2D eigenvalue weighted by Gasteiger charge is 2.32. The Morgan fingerprint density at radius 1 is 1.45 bits per heavy atom. The molecule has 0 saturated heterocycles. The van der Waals surface area contributed by atoms with Crippen LogP contribution in [0.25, 0.3) is 0 Å². The maximum Gasteiger partial charge on any atom is 0.573 e. The fraction of sp³-hybridized carbons (Fsp3) is 0.462. The monoisotopic (exact) mass is 291 g/mol. The van der Waals surface area contributed by atoms with Gasteiger partial charge in [0.15, 0.2) is 0 Å². The molecule has 0 fully saturated rings. The zero-order chi connectivity index (χ0) is 15.3. The van der Waals surface area contributed by atoms with E-state index in [9.17, 15) is 23.1 Å². The van der Waals surface area contributed by atoms with Crippen LogP contribution in [0.1, 0.15) is 37.7 Å². The number of hydrogen-bond donors (Lipinski definition) is 2. The Bertz CT molecular complexity index is 474. The van der Waals surface area contributed by atoms with Gasteiger partial charge in [-0.05, 0) is 30.2 Å². The van der Waals surface area contributed by atoms with Crippen LogP contribution in [-0.2, 0) is 4.79 Å². The van der Waals surface area contributed by atoms with Crippen LogP contribution in [-0.4, -0.2) is 17.4 Å². The Labute approximate surface area is 114 Å². The minimum Gasteiger partial charge on any atom is -0.481 e. The van der Waals surface area contributed by atoms with E-state index in [1.807, 2.05) is 6.92 Å². The Balaban J connectivity index is 3.07. The van der Waals surface area contributed by atoms with Gasteiger partial charge in [-0.3, -0.25) is 4.79 Å². The summed E-state index contributed by atoms with van der Waals surface area (Å²) < 4.78 is 40.3. The van der Waals surface area contributed by atoms with E-state index >= 15 is 0 Å². The summed E-state index contributed by atoms with van der Waals surface area (Å²) in [7, 11) is 0. The molecule has 0 aliphatic carbocycles. The number of benzene rings is 1. The highest BCUT2D eigenvalue weighted by atomic mass is 19.4. The van der Waals surface area contributed by atoms with Crippen LogP contribution in [0.5, 0.6) is 5.75 Å². The molecule has 3 N–H and O–H groups in total. The number of hydrogen-bond acceptors (Lipinski definition) is 3. The second-order valence-electron chi connectivity index (χ2n) is 4.37. The first-order valence-corrected chi connectivity index (χ1v) is 6.12. The van der Waals surface area contributed by atoms with Gasteiger partial charge in [0.1, 0.15) is 5.75 Å². The number of anilines is 1. The number of alkyl halides is 3. The minimum atomic E-state index is -4.82. The van der Waals surface area contributed by atoms with Crippen molar-refractivity contribution in [2.75, 3.05) is 5.73 Å². The maximum atomic E-state index is 12.2. The van der Waals surface area contributed by atoms with E-state index in [0.29, 0.717) is 12.8 Å². The number of ether oxygens (including phenoxy) is 1. The lowest BCUT2D eigenvalue weighted by Gasteiger charge is -2.17. The van der Waals surface area contributed by atoms with Gasteiger partial charge in [0.2, 0.25) is 0 Å². The van der Waals surface area contributed by atoms with Crippen LogP contribution < -0.4 is 10.5 Å². The van der Waals surface area contributed by atoms with Crippen molar-refractivity contribution in [2.24, 2.45) is 0 Å². The molecule has 0 amide bonds. The van der Waals surface area contributed by atoms with Gasteiger partial charge in [-0.1, -0.05) is 19.8 Å². The molecule has 0 saturated carbocycles. The molecular weight excluding hydrogens is 275 g/mol. The molecule has 0 spiro atoms. The van der Waals surface area contributed by atoms with E-state index in [1.165, 1.54) is 6.07 Å². The predicted molar refractivity (Wildman–Crippen MR) is 67.4 cm³/mol. The number of carboxylic acids is 1. The lowest BCUT2D eigenvalue weighted by molar-refractivity contribution is -0.274. The Morgan fingerprint density at radius 3 is 2.60 bits per heavy atom. The van der Waals surface area contributed by atoms with Crippen molar-refractivity contribution in [2.45, 2.75) is 38.5 Å². The molecule has 0 bridgehead atoms. The topological polar surface area (TPSA) is 72.5 Å². The first-order chi connectivity index (χ1) is 9.24. The van der Waals surface area contributed by atoms with Gasteiger partial charge < -0.3 is 15.6 Å². The Kier molecular flexibility index (Phi) is 5.24. The number of halogens is 3. The summed E-state index contributed by atoms with van der Waals surface area (Å²) in [6, 6.07) is 3.32. The molecule has 4 nitrogen and oxygen atoms in total. The first-order valence-electron chi connectivity index (χ1n) is 6.12. The summed E-state index contributed by atoms with van der Waals surface area (Å²) >= 11 is 0. The van der Waals surface area contributed by atoms with Gasteiger partial charge in [0, 0.05) is 5.69 Å². The van der Waals surface area contributed by atoms with Crippen LogP contribution in [0.15, 0.2) is 18.2 Å². The number of nitrogens with two attached hydrogens (primary N) is 1. The van der Waals surface area contributed by atoms with Crippen molar-refractivity contribution < 1.29 is 27.8 Å². The van der Waals surface area contributed by atoms with E-state index < -0.39 is 24.0 Å². The Morgan fingerprint density at radius 2 is 2.10 bits per heavy atom. The van der Waals surface area contributed by atoms with Crippen molar-refractivity contribution in [3.63, 3.8) is 0 Å². The second-order valence-corrected chi connectivity index (χ2v) is 4.37. The summed E-state index contributed by atoms with van der Waals surface area (Å²) in [5.41, 5.74) is 5.95. The van der Waals surface area contributed by atoms with Gasteiger partial charge >= 0.3 is 12.3 Å². The van der Waals surface area contributed by atoms with Crippen LogP contribution in [0.3, 0.4) is 0 Å². The quantitative estimate of drug-likeness (QED) is 0.786. The predicted octanol–water partition coefficient (Wildman–Crippen LogP) is 3.53. The van der Waals surface area contributed by atoms with Gasteiger partial charge in [0.25, 0.3) is 0 Å². The highest BCUT2D eigenvalue weighted by Crippen LogP contribution is 2.32. The fourth-order valence-corrected chi connectivity index (χ4v) is 1.87. The van der Waals surface area contributed by atoms with Crippen molar-refractivity contribution in [1.29, 1.82) is 0 Å². The standard InChI is InChI=1S/C13H16F3NO3/c1-2-3-4-9(12(18)19)10-7-8(5-6-11(10)17)20-13(14,15)16/h5-7,9H,2-4,17H2,1H3,(H,18,19). The number of carbonyl (C=O) groups is 1. The average Bonchev–Trinajstić information content (AvgIpc) is 2.31. The maximum absolute atomic E-state index is 12.2. The normalized spacial score (nSPS) is 13.0. The van der Waals surface area contributed by atoms with E-state index in [-0.39, 0.29) is 11.3 Å². The number of unbranched alkanes of at least 4 members (excludes halogenated alkanes) is 1. The van der Waals surface area contributed by atoms with Gasteiger partial charge in [-0.15, -0.1) is 13.2 Å². The molecule has 20 heavy (non-hydrogen) atoms. The highest BCUT2D eigenvalue weighted by molar-refractivity contribution is 5.78. The smallest absolute Gasteiger partial charge is 0.481 e. The summed E-state index contributed by atoms with van der Waals surface area (Å²) in [5, 5.41) is 9.18. The zero-order valence-electron chi connectivity index (χ0n) is 10.9. The van der Waals surface area contributed by atoms with E-state index in [1.54, 1.807) is 0 Å². The summed E-state index contributed by atoms with van der Waals surface area (Å²) in [4.78, 5) is 11.2. The lowest BCUT2D eigenvalue weighted by atomic mass is 9.92. The van der Waals surface area contributed by atoms with Crippen molar-refractivity contribution in [1.82, 2.24) is 0 Å². The van der Waals surface area contributed by atoms with E-state index in [2.05, 4.69) is 4.74 Å². The van der Waals surface area contributed by atoms with Gasteiger partial charge in [-0.25, -0.2) is 0 Å². The molecule has 1 unspecified atom stereocenters. The SMILES string of the molecule is CCCCC(C(=O)O)c1cc(OC(F)(F)F)ccc1N. The molecule has 0 radical (unpaired) electrons. The third kappa shape index (κ3) is 4.64. The van der Waals surface area contributed by atoms with Crippen LogP contribution >= 0.6 is 0 Å². The molecule has 112 valence electrons. The summed E-state index contributed by atoms with van der Waals surface area (Å²) in [6.07, 6.45) is -3.09. The molecule has 1 atom stereocenters. The minimum absolute atomic E-state index is 0.142. The number of rotatable bonds is 6. The van der Waals surface area contributed by atoms with Gasteiger partial charge in [0.05, 0.1) is 5.92 Å². The Hall–Kier alpha value is -1.92. The van der Waals surface area contributed by atoms with E-state index in [0.717, 1.165) is 18.6 Å². The molecular formula is C13H16F3NO3. The largest absolute Gasteiger partial charge is 0.573 e. The first kappa shape index (κ1) is 16.1. The third-order valence-electron chi connectivity index (χ3n) is 2.81. The molecule has 7 heteroatoms. The summed E-state index contributed by atoms with van der Waals surface area (Å²) in [6.45, 7) is 1.89. The molecule has 1 rings (SSSR count). The fourth-order valence-electron chi connectivity index (χ4n) is 1.87. The second kappa shape index (κ2) is 6.49. The third-order valence-corrected chi connectivity index (χ3v) is 2.81. The van der Waals surface area contributed by atoms with Crippen LogP contribution in [0, 0.1) is 0 Å². The van der Waals surface area contributed by atoms with E-state index in [4.69, 9.17) is 5.73 Å². The number of aliphatic carboxylic acids is 1. The van der Waals surface area contributed by atoms with Crippen LogP contribution in [0.4, 0.5) is 18.9 Å². The van der Waals surface area contributed by atoms with Crippen molar-refractivity contribution in [3.05, 3.63) is 23.8 Å². The molecule has 1 aromatic rings. The molecule has 0 aliphatic rings. The number of carboxylic acid groups (broad SMARTS) is 1. The molecule has 0 aromatic heterocycles. The average molecular weight is 291 g/mol. The zero-order valence-corrected chi connectivity index (χ0v) is 10.9. The molecule has 1 aromatic carbocycles. The van der Waals surface area contributed by atoms with Crippen LogP contribution in [0.2, 0.25) is 0 Å². The molecule has 0 aliphatic heterocycles. The van der Waals surface area contributed by atoms with Crippen molar-refractivity contribution >= 4 is 11.7 Å². The van der Waals surface area contributed by atoms with Crippen molar-refractivity contribution in [3.8, 4) is 5.75 Å². The van der Waals surface area contributed by atoms with Gasteiger partial charge in [-0.2, -0.15) is 0 Å².